The second-order valence-electron chi connectivity index (χ2n) is 2.80. The van der Waals surface area contributed by atoms with Crippen molar-refractivity contribution >= 4 is 17.9 Å². The lowest BCUT2D eigenvalue weighted by molar-refractivity contribution is -0.119. The lowest BCUT2D eigenvalue weighted by Gasteiger charge is -2.17. The average Bonchev–Trinajstić information content (AvgIpc) is 2.35. The van der Waals surface area contributed by atoms with E-state index in [9.17, 15) is 4.79 Å². The van der Waals surface area contributed by atoms with E-state index in [-0.39, 0.29) is 5.91 Å². The third kappa shape index (κ3) is 2.71. The van der Waals surface area contributed by atoms with Crippen LogP contribution in [0, 0.1) is 0 Å². The number of nitrogens with zero attached hydrogens (tertiary/aromatic N) is 1. The molecule has 0 aromatic carbocycles. The van der Waals surface area contributed by atoms with Crippen LogP contribution in [-0.4, -0.2) is 36.1 Å². The molecular formula is C7H14N2OS. The lowest BCUT2D eigenvalue weighted by Crippen LogP contribution is -2.33. The van der Waals surface area contributed by atoms with Crippen LogP contribution < -0.4 is 5.32 Å². The summed E-state index contributed by atoms with van der Waals surface area (Å²) in [6.45, 7) is 0.951. The summed E-state index contributed by atoms with van der Waals surface area (Å²) in [6.07, 6.45) is 3.73. The second kappa shape index (κ2) is 3.97. The summed E-state index contributed by atoms with van der Waals surface area (Å²) in [7, 11) is 2.04. The van der Waals surface area contributed by atoms with Crippen LogP contribution in [0.3, 0.4) is 0 Å². The van der Waals surface area contributed by atoms with Crippen LogP contribution in [0.15, 0.2) is 0 Å². The van der Waals surface area contributed by atoms with Crippen molar-refractivity contribution in [2.45, 2.75) is 18.9 Å². The fourth-order valence-corrected chi connectivity index (χ4v) is 1.53. The highest BCUT2D eigenvalue weighted by Crippen LogP contribution is 2.10. The zero-order valence-corrected chi connectivity index (χ0v) is 7.78. The first-order valence-electron chi connectivity index (χ1n) is 3.77. The van der Waals surface area contributed by atoms with Crippen molar-refractivity contribution in [2.24, 2.45) is 0 Å². The standard InChI is InChI=1S/C7H14N2OS/c1-9(11-2)5-6-3-4-7(10)8-6/h6H,3-5H2,1-2H3,(H,8,10). The van der Waals surface area contributed by atoms with Crippen LogP contribution in [0.25, 0.3) is 0 Å². The van der Waals surface area contributed by atoms with E-state index in [1.165, 1.54) is 0 Å². The van der Waals surface area contributed by atoms with Gasteiger partial charge in [0.1, 0.15) is 0 Å². The number of hydrogen-bond donors (Lipinski definition) is 1. The molecule has 1 unspecified atom stereocenters. The summed E-state index contributed by atoms with van der Waals surface area (Å²) in [4.78, 5) is 10.8. The number of likely N-dealkylation sites (N-methyl/N-ethyl adjacent to an activating group) is 1. The Balaban J connectivity index is 2.22. The molecule has 4 heteroatoms. The molecule has 1 aliphatic rings. The highest BCUT2D eigenvalue weighted by molar-refractivity contribution is 7.96. The lowest BCUT2D eigenvalue weighted by atomic mass is 10.2. The van der Waals surface area contributed by atoms with Crippen LogP contribution in [0.4, 0.5) is 0 Å². The molecule has 0 aliphatic carbocycles. The van der Waals surface area contributed by atoms with E-state index in [0.717, 1.165) is 13.0 Å². The molecule has 1 fully saturated rings. The van der Waals surface area contributed by atoms with Gasteiger partial charge < -0.3 is 5.32 Å². The molecule has 1 saturated heterocycles. The van der Waals surface area contributed by atoms with Crippen molar-refractivity contribution in [2.75, 3.05) is 19.8 Å². The van der Waals surface area contributed by atoms with Crippen molar-refractivity contribution in [1.29, 1.82) is 0 Å². The van der Waals surface area contributed by atoms with Gasteiger partial charge in [0.05, 0.1) is 0 Å². The Morgan fingerprint density at radius 3 is 3.00 bits per heavy atom. The van der Waals surface area contributed by atoms with Gasteiger partial charge >= 0.3 is 0 Å². The summed E-state index contributed by atoms with van der Waals surface area (Å²) in [5.74, 6) is 0.199. The molecule has 11 heavy (non-hydrogen) atoms. The third-order valence-corrected chi connectivity index (χ3v) is 2.65. The first-order chi connectivity index (χ1) is 5.22. The van der Waals surface area contributed by atoms with E-state index < -0.39 is 0 Å². The molecule has 0 aromatic heterocycles. The minimum atomic E-state index is 0.199. The molecule has 1 amide bonds. The first kappa shape index (κ1) is 8.87. The van der Waals surface area contributed by atoms with E-state index in [1.807, 2.05) is 13.3 Å². The Hall–Kier alpha value is -0.220. The quantitative estimate of drug-likeness (QED) is 0.631. The van der Waals surface area contributed by atoms with Gasteiger partial charge in [-0.1, -0.05) is 11.9 Å². The van der Waals surface area contributed by atoms with E-state index in [1.54, 1.807) is 11.9 Å². The van der Waals surface area contributed by atoms with Gasteiger partial charge in [-0.2, -0.15) is 0 Å². The van der Waals surface area contributed by atoms with Crippen LogP contribution >= 0.6 is 11.9 Å². The predicted molar refractivity (Wildman–Crippen MR) is 47.3 cm³/mol. The smallest absolute Gasteiger partial charge is 0.220 e. The molecule has 0 spiro atoms. The number of rotatable bonds is 3. The topological polar surface area (TPSA) is 32.3 Å². The van der Waals surface area contributed by atoms with Crippen molar-refractivity contribution in [3.8, 4) is 0 Å². The molecule has 0 saturated carbocycles. The third-order valence-electron chi connectivity index (χ3n) is 1.87. The van der Waals surface area contributed by atoms with Gasteiger partial charge in [-0.15, -0.1) is 0 Å². The predicted octanol–water partition coefficient (Wildman–Crippen LogP) is 0.475. The summed E-state index contributed by atoms with van der Waals surface area (Å²) in [6, 6.07) is 0.375. The molecule has 0 bridgehead atoms. The van der Waals surface area contributed by atoms with E-state index >= 15 is 0 Å². The Labute approximate surface area is 71.7 Å². The van der Waals surface area contributed by atoms with Gasteiger partial charge in [0.15, 0.2) is 0 Å². The number of carbonyl (C=O) groups is 1. The Morgan fingerprint density at radius 2 is 2.55 bits per heavy atom. The largest absolute Gasteiger partial charge is 0.352 e. The average molecular weight is 174 g/mol. The summed E-state index contributed by atoms with van der Waals surface area (Å²) >= 11 is 1.69. The van der Waals surface area contributed by atoms with Crippen molar-refractivity contribution in [3.05, 3.63) is 0 Å². The van der Waals surface area contributed by atoms with Crippen molar-refractivity contribution in [3.63, 3.8) is 0 Å². The van der Waals surface area contributed by atoms with E-state index in [4.69, 9.17) is 0 Å². The number of carbonyl (C=O) groups excluding carboxylic acids is 1. The number of amides is 1. The summed E-state index contributed by atoms with van der Waals surface area (Å²) in [5.41, 5.74) is 0. The zero-order chi connectivity index (χ0) is 8.27. The van der Waals surface area contributed by atoms with Crippen LogP contribution in [0.5, 0.6) is 0 Å². The maximum absolute atomic E-state index is 10.8. The first-order valence-corrected chi connectivity index (χ1v) is 4.95. The van der Waals surface area contributed by atoms with Gasteiger partial charge in [-0.05, 0) is 19.7 Å². The van der Waals surface area contributed by atoms with Crippen LogP contribution in [-0.2, 0) is 4.79 Å². The second-order valence-corrected chi connectivity index (χ2v) is 3.78. The van der Waals surface area contributed by atoms with Gasteiger partial charge in [0.25, 0.3) is 0 Å². The van der Waals surface area contributed by atoms with Crippen molar-refractivity contribution < 1.29 is 4.79 Å². The summed E-state index contributed by atoms with van der Waals surface area (Å²) < 4.78 is 2.14. The minimum Gasteiger partial charge on any atom is -0.352 e. The van der Waals surface area contributed by atoms with Gasteiger partial charge in [-0.3, -0.25) is 9.10 Å². The normalized spacial score (nSPS) is 24.3. The van der Waals surface area contributed by atoms with Gasteiger partial charge in [0, 0.05) is 19.0 Å². The Morgan fingerprint density at radius 1 is 1.82 bits per heavy atom. The van der Waals surface area contributed by atoms with Crippen molar-refractivity contribution in [1.82, 2.24) is 9.62 Å². The molecule has 0 aromatic rings. The molecule has 3 nitrogen and oxygen atoms in total. The maximum Gasteiger partial charge on any atom is 0.220 e. The fourth-order valence-electron chi connectivity index (χ4n) is 1.20. The molecule has 0 radical (unpaired) electrons. The van der Waals surface area contributed by atoms with E-state index in [0.29, 0.717) is 12.5 Å². The molecule has 1 N–H and O–H groups in total. The summed E-state index contributed by atoms with van der Waals surface area (Å²) in [5, 5.41) is 2.93. The molecule has 1 heterocycles. The Bertz CT molecular complexity index is 151. The van der Waals surface area contributed by atoms with Crippen LogP contribution in [0.2, 0.25) is 0 Å². The number of hydrogen-bond acceptors (Lipinski definition) is 3. The zero-order valence-electron chi connectivity index (χ0n) is 6.96. The molecule has 1 atom stereocenters. The fraction of sp³-hybridized carbons (Fsp3) is 0.857. The minimum absolute atomic E-state index is 0.199. The Kier molecular flexibility index (Phi) is 3.20. The molecule has 64 valence electrons. The maximum atomic E-state index is 10.8. The molecular weight excluding hydrogens is 160 g/mol. The monoisotopic (exact) mass is 174 g/mol. The van der Waals surface area contributed by atoms with Gasteiger partial charge in [-0.25, -0.2) is 0 Å². The highest BCUT2D eigenvalue weighted by atomic mass is 32.2. The molecule has 1 aliphatic heterocycles. The van der Waals surface area contributed by atoms with Crippen LogP contribution in [0.1, 0.15) is 12.8 Å². The molecule has 1 rings (SSSR count). The SMILES string of the molecule is CSN(C)CC1CCC(=O)N1. The van der Waals surface area contributed by atoms with E-state index in [2.05, 4.69) is 9.62 Å². The number of nitrogens with one attached hydrogen (secondary N) is 1. The highest BCUT2D eigenvalue weighted by Gasteiger charge is 2.21. The van der Waals surface area contributed by atoms with Gasteiger partial charge in [0.2, 0.25) is 5.91 Å².